The first kappa shape index (κ1) is 13.1. The number of rotatable bonds is 1. The van der Waals surface area contributed by atoms with Crippen LogP contribution in [0.1, 0.15) is 5.56 Å². The van der Waals surface area contributed by atoms with Crippen LogP contribution in [-0.2, 0) is 4.79 Å². The second kappa shape index (κ2) is 5.22. The molecule has 20 heavy (non-hydrogen) atoms. The van der Waals surface area contributed by atoms with Crippen molar-refractivity contribution in [3.05, 3.63) is 35.7 Å². The van der Waals surface area contributed by atoms with Gasteiger partial charge in [0.2, 0.25) is 5.17 Å². The van der Waals surface area contributed by atoms with Crippen molar-refractivity contribution in [3.8, 4) is 0 Å². The molecular weight excluding hydrogens is 294 g/mol. The molecule has 0 saturated carbocycles. The molecule has 2 aliphatic heterocycles. The van der Waals surface area contributed by atoms with Gasteiger partial charge in [-0.3, -0.25) is 15.2 Å². The summed E-state index contributed by atoms with van der Waals surface area (Å²) in [6.45, 7) is 0. The number of nitrogens with one attached hydrogen (secondary N) is 1. The predicted molar refractivity (Wildman–Crippen MR) is 82.8 cm³/mol. The molecule has 1 amide bonds. The summed E-state index contributed by atoms with van der Waals surface area (Å²) >= 11 is 2.53. The van der Waals surface area contributed by atoms with Crippen LogP contribution < -0.4 is 0 Å². The summed E-state index contributed by atoms with van der Waals surface area (Å²) in [7, 11) is 0. The van der Waals surface area contributed by atoms with Crippen molar-refractivity contribution in [2.75, 3.05) is 6.26 Å². The van der Waals surface area contributed by atoms with Crippen LogP contribution >= 0.6 is 23.7 Å². The van der Waals surface area contributed by atoms with Crippen molar-refractivity contribution in [1.82, 2.24) is 9.88 Å². The van der Waals surface area contributed by atoms with Gasteiger partial charge in [0.15, 0.2) is 5.17 Å². The van der Waals surface area contributed by atoms with Gasteiger partial charge in [0.05, 0.1) is 17.5 Å². The highest BCUT2D eigenvalue weighted by molar-refractivity contribution is 8.18. The summed E-state index contributed by atoms with van der Waals surface area (Å²) in [4.78, 5) is 21.6. The molecule has 0 bridgehead atoms. The first-order chi connectivity index (χ1) is 9.70. The molecule has 0 radical (unpaired) electrons. The summed E-state index contributed by atoms with van der Waals surface area (Å²) in [5.74, 6) is -0.322. The Balaban J connectivity index is 2.02. The smallest absolute Gasteiger partial charge is 0.283 e. The van der Waals surface area contributed by atoms with E-state index < -0.39 is 5.91 Å². The number of aliphatic imine (C=N–C) groups is 1. The maximum Gasteiger partial charge on any atom is 0.283 e. The van der Waals surface area contributed by atoms with Crippen molar-refractivity contribution < 1.29 is 4.79 Å². The molecule has 2 aliphatic rings. The summed E-state index contributed by atoms with van der Waals surface area (Å²) in [6.07, 6.45) is 6.78. The maximum atomic E-state index is 12.0. The van der Waals surface area contributed by atoms with Crippen LogP contribution in [0, 0.1) is 5.41 Å². The number of aromatic nitrogens is 1. The molecule has 0 spiro atoms. The van der Waals surface area contributed by atoms with E-state index in [0.717, 1.165) is 17.5 Å². The largest absolute Gasteiger partial charge is 0.283 e. The minimum atomic E-state index is -0.421. The number of amidine groups is 3. The molecule has 100 valence electrons. The van der Waals surface area contributed by atoms with Crippen LogP contribution in [0.5, 0.6) is 0 Å². The minimum absolute atomic E-state index is 0.0990. The molecule has 0 unspecified atom stereocenters. The fourth-order valence-electron chi connectivity index (χ4n) is 1.76. The fourth-order valence-corrected chi connectivity index (χ4v) is 3.21. The third-order valence-electron chi connectivity index (χ3n) is 2.67. The van der Waals surface area contributed by atoms with Gasteiger partial charge in [-0.15, -0.1) is 0 Å². The van der Waals surface area contributed by atoms with Crippen LogP contribution in [0.15, 0.2) is 39.5 Å². The summed E-state index contributed by atoms with van der Waals surface area (Å²) < 4.78 is 4.18. The molecule has 0 aliphatic carbocycles. The molecule has 0 fully saturated rings. The maximum absolute atomic E-state index is 12.0. The Kier molecular flexibility index (Phi) is 3.41. The van der Waals surface area contributed by atoms with Crippen molar-refractivity contribution in [2.24, 2.45) is 9.39 Å². The number of carbonyl (C=O) groups is 1. The van der Waals surface area contributed by atoms with Crippen LogP contribution in [0.4, 0.5) is 0 Å². The molecule has 6 nitrogen and oxygen atoms in total. The predicted octanol–water partition coefficient (Wildman–Crippen LogP) is 2.02. The molecule has 1 aromatic rings. The summed E-state index contributed by atoms with van der Waals surface area (Å²) in [6, 6.07) is 3.60. The van der Waals surface area contributed by atoms with Crippen LogP contribution in [0.25, 0.3) is 6.08 Å². The quantitative estimate of drug-likeness (QED) is 0.634. The zero-order chi connectivity index (χ0) is 14.1. The zero-order valence-electron chi connectivity index (χ0n) is 10.4. The van der Waals surface area contributed by atoms with E-state index in [4.69, 9.17) is 5.41 Å². The molecule has 1 aromatic heterocycles. The van der Waals surface area contributed by atoms with Gasteiger partial charge < -0.3 is 0 Å². The Labute approximate surface area is 123 Å². The van der Waals surface area contributed by atoms with Gasteiger partial charge >= 0.3 is 0 Å². The Hall–Kier alpha value is -1.93. The van der Waals surface area contributed by atoms with Gasteiger partial charge in [-0.1, -0.05) is 17.8 Å². The lowest BCUT2D eigenvalue weighted by molar-refractivity contribution is -0.114. The topological polar surface area (TPSA) is 81.8 Å². The molecule has 0 saturated heterocycles. The van der Waals surface area contributed by atoms with Crippen LogP contribution in [0.3, 0.4) is 0 Å². The zero-order valence-corrected chi connectivity index (χ0v) is 12.0. The third-order valence-corrected chi connectivity index (χ3v) is 4.13. The monoisotopic (exact) mass is 303 g/mol. The number of nitrogens with zero attached hydrogens (tertiary/aromatic N) is 4. The number of thioether (sulfide) groups is 1. The first-order valence-electron chi connectivity index (χ1n) is 5.63. The van der Waals surface area contributed by atoms with Crippen molar-refractivity contribution >= 4 is 51.9 Å². The molecule has 1 N–H and O–H groups in total. The van der Waals surface area contributed by atoms with Gasteiger partial charge in [0, 0.05) is 12.4 Å². The van der Waals surface area contributed by atoms with Gasteiger partial charge in [-0.25, -0.2) is 4.90 Å². The van der Waals surface area contributed by atoms with Gasteiger partial charge in [0.1, 0.15) is 5.84 Å². The number of hydrogen-bond donors (Lipinski definition) is 1. The Morgan fingerprint density at radius 1 is 1.50 bits per heavy atom. The first-order valence-corrected chi connectivity index (χ1v) is 7.63. The Morgan fingerprint density at radius 3 is 3.05 bits per heavy atom. The van der Waals surface area contributed by atoms with E-state index in [2.05, 4.69) is 14.4 Å². The van der Waals surface area contributed by atoms with E-state index >= 15 is 0 Å². The molecule has 0 atom stereocenters. The van der Waals surface area contributed by atoms with Gasteiger partial charge in [0.25, 0.3) is 5.91 Å². The molecule has 0 aromatic carbocycles. The number of amides is 1. The molecule has 8 heteroatoms. The number of fused-ring (bicyclic) bond motifs is 1. The summed E-state index contributed by atoms with van der Waals surface area (Å²) in [5.41, 5.74) is 1.000. The highest BCUT2D eigenvalue weighted by atomic mass is 32.2. The van der Waals surface area contributed by atoms with E-state index in [1.165, 1.54) is 11.8 Å². The van der Waals surface area contributed by atoms with Crippen molar-refractivity contribution in [3.63, 3.8) is 0 Å². The number of pyridine rings is 1. The highest BCUT2D eigenvalue weighted by Gasteiger charge is 2.36. The van der Waals surface area contributed by atoms with E-state index in [0.29, 0.717) is 10.3 Å². The average molecular weight is 303 g/mol. The highest BCUT2D eigenvalue weighted by Crippen LogP contribution is 2.30. The van der Waals surface area contributed by atoms with Gasteiger partial charge in [-0.05, 0) is 24.0 Å². The SMILES string of the molecule is CSC1=NSC2=NC(=O)/C(=C\c3cccnc3)C(=N)N12. The average Bonchev–Trinajstić information content (AvgIpc) is 2.87. The van der Waals surface area contributed by atoms with Crippen LogP contribution in [-0.4, -0.2) is 38.2 Å². The molecule has 3 heterocycles. The second-order valence-electron chi connectivity index (χ2n) is 3.90. The van der Waals surface area contributed by atoms with E-state index in [9.17, 15) is 4.79 Å². The van der Waals surface area contributed by atoms with E-state index in [1.807, 2.05) is 12.3 Å². The van der Waals surface area contributed by atoms with Crippen LogP contribution in [0.2, 0.25) is 0 Å². The Morgan fingerprint density at radius 2 is 2.35 bits per heavy atom. The van der Waals surface area contributed by atoms with Crippen molar-refractivity contribution in [1.29, 1.82) is 5.41 Å². The molecule has 3 rings (SSSR count). The lowest BCUT2D eigenvalue weighted by Gasteiger charge is -2.23. The van der Waals surface area contributed by atoms with Crippen molar-refractivity contribution in [2.45, 2.75) is 0 Å². The standard InChI is InChI=1S/C12H9N5OS2/c1-19-12-16-20-11-15-10(18)8(9(13)17(11)12)5-7-3-2-4-14-6-7/h2-6,13H,1H3/b8-5-,13-9?. The summed E-state index contributed by atoms with van der Waals surface area (Å²) in [5, 5.41) is 9.31. The fraction of sp³-hybridized carbons (Fsp3) is 0.0833. The lowest BCUT2D eigenvalue weighted by atomic mass is 10.1. The normalized spacial score (nSPS) is 20.1. The lowest BCUT2D eigenvalue weighted by Crippen LogP contribution is -2.41. The van der Waals surface area contributed by atoms with Gasteiger partial charge in [-0.2, -0.15) is 9.39 Å². The Bertz CT molecular complexity index is 680. The van der Waals surface area contributed by atoms with E-state index in [-0.39, 0.29) is 11.4 Å². The number of hydrogen-bond acceptors (Lipinski definition) is 6. The number of carbonyl (C=O) groups excluding carboxylic acids is 1. The minimum Gasteiger partial charge on any atom is -0.283 e. The molecular formula is C12H9N5OS2. The van der Waals surface area contributed by atoms with E-state index in [1.54, 1.807) is 29.4 Å². The second-order valence-corrected chi connectivity index (χ2v) is 5.40. The third kappa shape index (κ3) is 2.16.